The van der Waals surface area contributed by atoms with Crippen LogP contribution in [0.4, 0.5) is 0 Å². The van der Waals surface area contributed by atoms with Crippen LogP contribution in [0.25, 0.3) is 10.9 Å². The zero-order valence-electron chi connectivity index (χ0n) is 15.7. The van der Waals surface area contributed by atoms with Crippen molar-refractivity contribution in [1.82, 2.24) is 9.88 Å². The summed E-state index contributed by atoms with van der Waals surface area (Å²) in [5.41, 5.74) is 3.32. The van der Waals surface area contributed by atoms with E-state index >= 15 is 0 Å². The Kier molecular flexibility index (Phi) is 4.83. The zero-order valence-corrected chi connectivity index (χ0v) is 15.7. The molecule has 1 amide bonds. The first-order valence-corrected chi connectivity index (χ1v) is 9.53. The van der Waals surface area contributed by atoms with E-state index in [0.29, 0.717) is 18.7 Å². The summed E-state index contributed by atoms with van der Waals surface area (Å²) >= 11 is 0. The van der Waals surface area contributed by atoms with Crippen LogP contribution < -0.4 is 0 Å². The van der Waals surface area contributed by atoms with Gasteiger partial charge in [-0.3, -0.25) is 9.78 Å². The Morgan fingerprint density at radius 3 is 2.70 bits per heavy atom. The fourth-order valence-corrected chi connectivity index (χ4v) is 4.12. The first-order valence-electron chi connectivity index (χ1n) is 9.53. The van der Waals surface area contributed by atoms with Crippen molar-refractivity contribution in [3.8, 4) is 0 Å². The number of aromatic nitrogens is 1. The van der Waals surface area contributed by atoms with Gasteiger partial charge < -0.3 is 14.4 Å². The van der Waals surface area contributed by atoms with Gasteiger partial charge in [-0.1, -0.05) is 18.2 Å². The van der Waals surface area contributed by atoms with E-state index in [-0.39, 0.29) is 24.7 Å². The smallest absolute Gasteiger partial charge is 0.339 e. The number of esters is 1. The molecule has 1 aliphatic heterocycles. The van der Waals surface area contributed by atoms with Gasteiger partial charge in [0.15, 0.2) is 6.61 Å². The summed E-state index contributed by atoms with van der Waals surface area (Å²) in [5.74, 6) is -0.616. The molecule has 0 radical (unpaired) electrons. The van der Waals surface area contributed by atoms with Crippen molar-refractivity contribution in [2.75, 3.05) is 19.7 Å². The monoisotopic (exact) mass is 368 g/mol. The van der Waals surface area contributed by atoms with E-state index in [2.05, 4.69) is 4.98 Å². The maximum Gasteiger partial charge on any atom is 0.339 e. The van der Waals surface area contributed by atoms with E-state index in [0.717, 1.165) is 41.4 Å². The molecule has 0 bridgehead atoms. The summed E-state index contributed by atoms with van der Waals surface area (Å²) in [6.07, 6.45) is 2.66. The molecule has 0 saturated carbocycles. The zero-order chi connectivity index (χ0) is 19.0. The van der Waals surface area contributed by atoms with Crippen molar-refractivity contribution in [2.45, 2.75) is 45.3 Å². The lowest BCUT2D eigenvalue weighted by atomic mass is 10.0. The van der Waals surface area contributed by atoms with Gasteiger partial charge in [0.05, 0.1) is 23.3 Å². The molecule has 0 N–H and O–H groups in total. The van der Waals surface area contributed by atoms with Gasteiger partial charge in [-0.15, -0.1) is 0 Å². The first-order chi connectivity index (χ1) is 13.0. The third kappa shape index (κ3) is 3.54. The van der Waals surface area contributed by atoms with Crippen LogP contribution in [0.15, 0.2) is 24.3 Å². The molecule has 27 heavy (non-hydrogen) atoms. The number of para-hydroxylation sites is 1. The van der Waals surface area contributed by atoms with Crippen LogP contribution in [0.3, 0.4) is 0 Å². The number of carbonyl (C=O) groups is 2. The Balaban J connectivity index is 1.53. The average Bonchev–Trinajstić information content (AvgIpc) is 3.10. The Morgan fingerprint density at radius 2 is 1.93 bits per heavy atom. The summed E-state index contributed by atoms with van der Waals surface area (Å²) in [6, 6.07) is 7.61. The largest absolute Gasteiger partial charge is 0.452 e. The topological polar surface area (TPSA) is 68.7 Å². The molecule has 1 fully saturated rings. The molecule has 1 aliphatic carbocycles. The molecule has 2 heterocycles. The van der Waals surface area contributed by atoms with E-state index in [1.165, 1.54) is 0 Å². The maximum atomic E-state index is 12.9. The standard InChI is InChI=1S/C21H24N2O4/c1-13-10-23(11-14(2)27-13)19(24)12-26-21(25)20-15-6-3-4-8-17(15)22-18-9-5-7-16(18)20/h3-4,6,8,13-14H,5,7,9-12H2,1-2H3/t13-,14-/m1/s1. The molecule has 1 aromatic heterocycles. The highest BCUT2D eigenvalue weighted by molar-refractivity contribution is 6.05. The fraction of sp³-hybridized carbons (Fsp3) is 0.476. The molecule has 1 aromatic carbocycles. The SMILES string of the molecule is C[C@@H]1CN(C(=O)COC(=O)c2c3c(nc4ccccc24)CCC3)C[C@@H](C)O1. The number of hydrogen-bond donors (Lipinski definition) is 0. The predicted octanol–water partition coefficient (Wildman–Crippen LogP) is 2.52. The molecular formula is C21H24N2O4. The predicted molar refractivity (Wildman–Crippen MR) is 101 cm³/mol. The number of morpholine rings is 1. The van der Waals surface area contributed by atoms with E-state index in [1.54, 1.807) is 4.90 Å². The van der Waals surface area contributed by atoms with Crippen molar-refractivity contribution < 1.29 is 19.1 Å². The van der Waals surface area contributed by atoms with Gasteiger partial charge >= 0.3 is 5.97 Å². The van der Waals surface area contributed by atoms with Crippen LogP contribution >= 0.6 is 0 Å². The molecule has 1 saturated heterocycles. The number of aryl methyl sites for hydroxylation is 1. The van der Waals surface area contributed by atoms with Gasteiger partial charge in [-0.25, -0.2) is 4.79 Å². The van der Waals surface area contributed by atoms with Crippen LogP contribution in [0, 0.1) is 0 Å². The normalized spacial score (nSPS) is 21.9. The number of pyridine rings is 1. The lowest BCUT2D eigenvalue weighted by Crippen LogP contribution is -2.49. The Labute approximate surface area is 158 Å². The lowest BCUT2D eigenvalue weighted by Gasteiger charge is -2.35. The van der Waals surface area contributed by atoms with E-state index in [9.17, 15) is 9.59 Å². The van der Waals surface area contributed by atoms with E-state index in [4.69, 9.17) is 9.47 Å². The molecule has 142 valence electrons. The van der Waals surface area contributed by atoms with Gasteiger partial charge in [-0.05, 0) is 44.7 Å². The third-order valence-corrected chi connectivity index (χ3v) is 5.22. The van der Waals surface area contributed by atoms with Crippen molar-refractivity contribution >= 4 is 22.8 Å². The van der Waals surface area contributed by atoms with E-state index < -0.39 is 5.97 Å². The summed E-state index contributed by atoms with van der Waals surface area (Å²) in [5, 5.41) is 0.796. The Bertz CT molecular complexity index is 885. The molecule has 6 nitrogen and oxygen atoms in total. The van der Waals surface area contributed by atoms with Crippen LogP contribution in [0.5, 0.6) is 0 Å². The Hall–Kier alpha value is -2.47. The highest BCUT2D eigenvalue weighted by Crippen LogP contribution is 2.30. The van der Waals surface area contributed by atoms with Crippen molar-refractivity contribution in [3.05, 3.63) is 41.1 Å². The van der Waals surface area contributed by atoms with Crippen LogP contribution in [0.1, 0.15) is 41.9 Å². The second-order valence-corrected chi connectivity index (χ2v) is 7.41. The fourth-order valence-electron chi connectivity index (χ4n) is 4.12. The number of hydrogen-bond acceptors (Lipinski definition) is 5. The van der Waals surface area contributed by atoms with Gasteiger partial charge in [0.25, 0.3) is 5.91 Å². The quantitative estimate of drug-likeness (QED) is 0.779. The van der Waals surface area contributed by atoms with Crippen molar-refractivity contribution in [1.29, 1.82) is 0 Å². The molecule has 2 aromatic rings. The molecule has 4 rings (SSSR count). The van der Waals surface area contributed by atoms with Gasteiger partial charge in [0.1, 0.15) is 0 Å². The lowest BCUT2D eigenvalue weighted by molar-refractivity contribution is -0.146. The highest BCUT2D eigenvalue weighted by atomic mass is 16.5. The molecule has 2 atom stereocenters. The number of amides is 1. The van der Waals surface area contributed by atoms with Crippen molar-refractivity contribution in [2.24, 2.45) is 0 Å². The van der Waals surface area contributed by atoms with E-state index in [1.807, 2.05) is 38.1 Å². The summed E-state index contributed by atoms with van der Waals surface area (Å²) < 4.78 is 11.1. The van der Waals surface area contributed by atoms with Crippen molar-refractivity contribution in [3.63, 3.8) is 0 Å². The van der Waals surface area contributed by atoms with Crippen LogP contribution in [0.2, 0.25) is 0 Å². The number of carbonyl (C=O) groups excluding carboxylic acids is 2. The second kappa shape index (κ2) is 7.27. The summed E-state index contributed by atoms with van der Waals surface area (Å²) in [4.78, 5) is 31.8. The number of ether oxygens (including phenoxy) is 2. The molecule has 0 unspecified atom stereocenters. The Morgan fingerprint density at radius 1 is 1.19 bits per heavy atom. The highest BCUT2D eigenvalue weighted by Gasteiger charge is 2.28. The first kappa shape index (κ1) is 17.9. The molecular weight excluding hydrogens is 344 g/mol. The minimum atomic E-state index is -0.436. The van der Waals surface area contributed by atoms with Gasteiger partial charge in [-0.2, -0.15) is 0 Å². The maximum absolute atomic E-state index is 12.9. The summed E-state index contributed by atoms with van der Waals surface area (Å²) in [6.45, 7) is 4.68. The van der Waals surface area contributed by atoms with Crippen LogP contribution in [-0.4, -0.2) is 53.7 Å². The minimum Gasteiger partial charge on any atom is -0.452 e. The molecule has 6 heteroatoms. The average molecular weight is 368 g/mol. The van der Waals surface area contributed by atoms with Gasteiger partial charge in [0.2, 0.25) is 0 Å². The summed E-state index contributed by atoms with van der Waals surface area (Å²) in [7, 11) is 0. The number of nitrogens with zero attached hydrogens (tertiary/aromatic N) is 2. The van der Waals surface area contributed by atoms with Crippen LogP contribution in [-0.2, 0) is 27.1 Å². The number of rotatable bonds is 3. The molecule has 0 spiro atoms. The second-order valence-electron chi connectivity index (χ2n) is 7.41. The number of benzene rings is 1. The minimum absolute atomic E-state index is 0.0131. The molecule has 2 aliphatic rings. The van der Waals surface area contributed by atoms with Gasteiger partial charge in [0, 0.05) is 24.2 Å². The third-order valence-electron chi connectivity index (χ3n) is 5.22. The number of fused-ring (bicyclic) bond motifs is 2.